The summed E-state index contributed by atoms with van der Waals surface area (Å²) >= 11 is 0. The van der Waals surface area contributed by atoms with E-state index < -0.39 is 21.4 Å². The van der Waals surface area contributed by atoms with Gasteiger partial charge in [0.2, 0.25) is 5.76 Å². The van der Waals surface area contributed by atoms with E-state index in [1.807, 2.05) is 0 Å². The van der Waals surface area contributed by atoms with Gasteiger partial charge in [0.05, 0.1) is 39.3 Å². The number of furan rings is 1. The van der Waals surface area contributed by atoms with Crippen LogP contribution in [-0.2, 0) is 36.5 Å². The van der Waals surface area contributed by atoms with Gasteiger partial charge in [-0.1, -0.05) is 0 Å². The summed E-state index contributed by atoms with van der Waals surface area (Å²) in [7, 11) is -7.98. The third kappa shape index (κ3) is 7.10. The smallest absolute Gasteiger partial charge is 0.460 e. The second-order valence-electron chi connectivity index (χ2n) is 5.11. The van der Waals surface area contributed by atoms with E-state index in [0.29, 0.717) is 0 Å². The maximum atomic E-state index is 13.4. The molecule has 0 aliphatic heterocycles. The summed E-state index contributed by atoms with van der Waals surface area (Å²) in [6.07, 6.45) is 2.11. The standard InChI is InChI=1S/C17H28O10P2/c1-6-21-17(18)16-14(11-12-22-16)15(28(19,23-7-2)24-8-3)13-27-29(20,25-9-4)26-10-5/h11-13H,6-10H2,1-5H3. The highest BCUT2D eigenvalue weighted by Gasteiger charge is 2.37. The first-order valence-electron chi connectivity index (χ1n) is 9.22. The molecule has 29 heavy (non-hydrogen) atoms. The summed E-state index contributed by atoms with van der Waals surface area (Å²) in [5, 5.41) is -0.183. The van der Waals surface area contributed by atoms with Crippen molar-refractivity contribution in [2.45, 2.75) is 34.6 Å². The third-order valence-electron chi connectivity index (χ3n) is 3.16. The van der Waals surface area contributed by atoms with Gasteiger partial charge in [0.1, 0.15) is 11.6 Å². The highest BCUT2D eigenvalue weighted by molar-refractivity contribution is 7.65. The van der Waals surface area contributed by atoms with Crippen LogP contribution in [0.4, 0.5) is 0 Å². The van der Waals surface area contributed by atoms with Gasteiger partial charge in [-0.3, -0.25) is 13.6 Å². The number of hydrogen-bond donors (Lipinski definition) is 0. The fourth-order valence-corrected chi connectivity index (χ4v) is 5.02. The second-order valence-corrected chi connectivity index (χ2v) is 8.72. The van der Waals surface area contributed by atoms with Crippen LogP contribution in [0.3, 0.4) is 0 Å². The fourth-order valence-electron chi connectivity index (χ4n) is 2.19. The minimum absolute atomic E-state index is 0.0375. The molecule has 0 atom stereocenters. The largest absolute Gasteiger partial charge is 0.529 e. The van der Waals surface area contributed by atoms with Crippen LogP contribution in [0.25, 0.3) is 5.31 Å². The molecule has 166 valence electrons. The molecule has 10 nitrogen and oxygen atoms in total. The Labute approximate surface area is 170 Å². The molecule has 0 saturated heterocycles. The Hall–Kier alpha value is -1.41. The maximum Gasteiger partial charge on any atom is 0.529 e. The maximum absolute atomic E-state index is 13.4. The number of carbonyl (C=O) groups excluding carboxylic acids is 1. The number of phosphoric acid groups is 1. The Morgan fingerprint density at radius 2 is 1.48 bits per heavy atom. The van der Waals surface area contributed by atoms with Gasteiger partial charge in [-0.2, -0.15) is 0 Å². The zero-order chi connectivity index (χ0) is 21.9. The van der Waals surface area contributed by atoms with Crippen LogP contribution >= 0.6 is 15.4 Å². The van der Waals surface area contributed by atoms with Crippen molar-refractivity contribution < 1.29 is 45.7 Å². The van der Waals surface area contributed by atoms with Crippen molar-refractivity contribution >= 4 is 26.7 Å². The summed E-state index contributed by atoms with van der Waals surface area (Å²) < 4.78 is 62.3. The Bertz CT molecular complexity index is 750. The summed E-state index contributed by atoms with van der Waals surface area (Å²) in [5.41, 5.74) is 0.0493. The fraction of sp³-hybridized carbons (Fsp3) is 0.588. The Balaban J connectivity index is 3.52. The molecule has 0 amide bonds. The lowest BCUT2D eigenvalue weighted by atomic mass is 10.2. The lowest BCUT2D eigenvalue weighted by Gasteiger charge is -2.21. The summed E-state index contributed by atoms with van der Waals surface area (Å²) in [5.74, 6) is -1.01. The summed E-state index contributed by atoms with van der Waals surface area (Å²) in [4.78, 5) is 12.2. The molecule has 0 N–H and O–H groups in total. The van der Waals surface area contributed by atoms with Crippen LogP contribution in [-0.4, -0.2) is 39.0 Å². The quantitative estimate of drug-likeness (QED) is 0.210. The number of phosphoric ester groups is 1. The van der Waals surface area contributed by atoms with Crippen molar-refractivity contribution in [3.05, 3.63) is 29.9 Å². The molecular formula is C17H28O10P2. The van der Waals surface area contributed by atoms with Gasteiger partial charge in [0.15, 0.2) is 0 Å². The first-order chi connectivity index (χ1) is 13.8. The predicted molar refractivity (Wildman–Crippen MR) is 105 cm³/mol. The molecule has 1 aromatic rings. The van der Waals surface area contributed by atoms with Gasteiger partial charge in [0.25, 0.3) is 0 Å². The monoisotopic (exact) mass is 454 g/mol. The highest BCUT2D eigenvalue weighted by atomic mass is 31.2. The van der Waals surface area contributed by atoms with Crippen molar-refractivity contribution in [2.75, 3.05) is 33.0 Å². The van der Waals surface area contributed by atoms with Crippen LogP contribution in [0.5, 0.6) is 0 Å². The van der Waals surface area contributed by atoms with Gasteiger partial charge < -0.3 is 22.7 Å². The zero-order valence-corrected chi connectivity index (χ0v) is 19.0. The van der Waals surface area contributed by atoms with E-state index in [1.165, 1.54) is 12.3 Å². The number of esters is 1. The van der Waals surface area contributed by atoms with Gasteiger partial charge in [0, 0.05) is 5.56 Å². The van der Waals surface area contributed by atoms with Crippen molar-refractivity contribution in [3.63, 3.8) is 0 Å². The van der Waals surface area contributed by atoms with Crippen LogP contribution in [0.1, 0.15) is 50.7 Å². The summed E-state index contributed by atoms with van der Waals surface area (Å²) in [6.45, 7) is 8.38. The van der Waals surface area contributed by atoms with E-state index in [1.54, 1.807) is 34.6 Å². The van der Waals surface area contributed by atoms with Crippen LogP contribution in [0, 0.1) is 0 Å². The molecule has 12 heteroatoms. The number of hydrogen-bond acceptors (Lipinski definition) is 10. The molecular weight excluding hydrogens is 426 g/mol. The molecule has 0 aromatic carbocycles. The average Bonchev–Trinajstić information content (AvgIpc) is 3.12. The van der Waals surface area contributed by atoms with Crippen molar-refractivity contribution in [2.24, 2.45) is 0 Å². The van der Waals surface area contributed by atoms with E-state index in [0.717, 1.165) is 6.26 Å². The number of rotatable bonds is 14. The first kappa shape index (κ1) is 25.6. The minimum atomic E-state index is -3.99. The molecule has 0 fully saturated rings. The SMILES string of the molecule is CCOC(=O)c1occc1C(=COP(=O)(OCC)OCC)P(=O)(OCC)OCC. The molecule has 1 heterocycles. The predicted octanol–water partition coefficient (Wildman–Crippen LogP) is 5.22. The average molecular weight is 454 g/mol. The third-order valence-corrected chi connectivity index (χ3v) is 6.81. The van der Waals surface area contributed by atoms with Gasteiger partial charge in [-0.05, 0) is 40.7 Å². The molecule has 0 aliphatic rings. The normalized spacial score (nSPS) is 12.8. The zero-order valence-electron chi connectivity index (χ0n) is 17.2. The van der Waals surface area contributed by atoms with Crippen LogP contribution in [0.15, 0.2) is 23.0 Å². The van der Waals surface area contributed by atoms with Gasteiger partial charge in [-0.25, -0.2) is 9.36 Å². The minimum Gasteiger partial charge on any atom is -0.460 e. The van der Waals surface area contributed by atoms with Gasteiger partial charge >= 0.3 is 21.4 Å². The molecule has 1 rings (SSSR count). The summed E-state index contributed by atoms with van der Waals surface area (Å²) in [6, 6.07) is 1.37. The van der Waals surface area contributed by atoms with Gasteiger partial charge in [-0.15, -0.1) is 0 Å². The van der Waals surface area contributed by atoms with E-state index in [2.05, 4.69) is 0 Å². The topological polar surface area (TPSA) is 120 Å². The molecule has 1 aromatic heterocycles. The molecule has 0 bridgehead atoms. The first-order valence-corrected chi connectivity index (χ1v) is 12.2. The van der Waals surface area contributed by atoms with Crippen molar-refractivity contribution in [1.29, 1.82) is 0 Å². The van der Waals surface area contributed by atoms with Crippen molar-refractivity contribution in [1.82, 2.24) is 0 Å². The van der Waals surface area contributed by atoms with Crippen LogP contribution in [0.2, 0.25) is 0 Å². The second kappa shape index (κ2) is 12.3. The van der Waals surface area contributed by atoms with E-state index in [4.69, 9.17) is 31.8 Å². The van der Waals surface area contributed by atoms with E-state index in [-0.39, 0.29) is 49.7 Å². The molecule has 0 saturated carbocycles. The molecule has 0 spiro atoms. The lowest BCUT2D eigenvalue weighted by molar-refractivity contribution is 0.0489. The van der Waals surface area contributed by atoms with Crippen LogP contribution < -0.4 is 0 Å². The number of ether oxygens (including phenoxy) is 1. The number of carbonyl (C=O) groups is 1. The van der Waals surface area contributed by atoms with E-state index >= 15 is 0 Å². The highest BCUT2D eigenvalue weighted by Crippen LogP contribution is 2.62. The van der Waals surface area contributed by atoms with Crippen molar-refractivity contribution in [3.8, 4) is 0 Å². The Kier molecular flexibility index (Phi) is 10.9. The molecule has 0 aliphatic carbocycles. The molecule has 0 unspecified atom stereocenters. The molecule has 0 radical (unpaired) electrons. The van der Waals surface area contributed by atoms with E-state index in [9.17, 15) is 13.9 Å². The Morgan fingerprint density at radius 3 is 1.97 bits per heavy atom. The Morgan fingerprint density at radius 1 is 0.931 bits per heavy atom. The lowest BCUT2D eigenvalue weighted by Crippen LogP contribution is -2.07.